The molecule has 0 saturated carbocycles. The molecule has 19 heavy (non-hydrogen) atoms. The standard InChI is InChI=1S/C14H16N4O/c15-10-12-2-4-13(5-3-12)14(19)11-16-7-9-18-8-1-6-17-18/h1-6,8,14,16,19H,7,9,11H2. The Labute approximate surface area is 112 Å². The first kappa shape index (κ1) is 13.3. The zero-order valence-electron chi connectivity index (χ0n) is 10.5. The van der Waals surface area contributed by atoms with E-state index in [-0.39, 0.29) is 0 Å². The molecule has 1 aromatic heterocycles. The summed E-state index contributed by atoms with van der Waals surface area (Å²) >= 11 is 0. The number of aliphatic hydroxyl groups is 1. The molecular weight excluding hydrogens is 240 g/mol. The summed E-state index contributed by atoms with van der Waals surface area (Å²) in [6, 6.07) is 10.9. The molecule has 5 nitrogen and oxygen atoms in total. The first-order valence-corrected chi connectivity index (χ1v) is 6.16. The van der Waals surface area contributed by atoms with Gasteiger partial charge < -0.3 is 10.4 Å². The number of rotatable bonds is 6. The lowest BCUT2D eigenvalue weighted by molar-refractivity contribution is 0.174. The van der Waals surface area contributed by atoms with Gasteiger partial charge in [-0.2, -0.15) is 10.4 Å². The van der Waals surface area contributed by atoms with Gasteiger partial charge in [0.05, 0.1) is 24.3 Å². The fourth-order valence-electron chi connectivity index (χ4n) is 1.76. The second kappa shape index (κ2) is 6.69. The lowest BCUT2D eigenvalue weighted by Gasteiger charge is -2.12. The molecule has 1 aromatic carbocycles. The van der Waals surface area contributed by atoms with Crippen LogP contribution in [0.25, 0.3) is 0 Å². The number of nitrogens with one attached hydrogen (secondary N) is 1. The summed E-state index contributed by atoms with van der Waals surface area (Å²) in [6.45, 7) is 2.00. The van der Waals surface area contributed by atoms with Crippen LogP contribution in [0.4, 0.5) is 0 Å². The second-order valence-electron chi connectivity index (χ2n) is 4.22. The number of aromatic nitrogens is 2. The van der Waals surface area contributed by atoms with Crippen LogP contribution in [0.3, 0.4) is 0 Å². The molecule has 0 saturated heterocycles. The maximum atomic E-state index is 9.97. The number of nitriles is 1. The van der Waals surface area contributed by atoms with Crippen LogP contribution in [0.2, 0.25) is 0 Å². The van der Waals surface area contributed by atoms with Gasteiger partial charge in [-0.05, 0) is 23.8 Å². The molecule has 0 amide bonds. The number of hydrogen-bond donors (Lipinski definition) is 2. The van der Waals surface area contributed by atoms with Gasteiger partial charge in [0.1, 0.15) is 0 Å². The Bertz CT molecular complexity index is 528. The number of nitrogens with zero attached hydrogens (tertiary/aromatic N) is 3. The van der Waals surface area contributed by atoms with Crippen LogP contribution in [0.15, 0.2) is 42.7 Å². The van der Waals surface area contributed by atoms with Gasteiger partial charge in [0.25, 0.3) is 0 Å². The van der Waals surface area contributed by atoms with Gasteiger partial charge in [-0.25, -0.2) is 0 Å². The number of aliphatic hydroxyl groups excluding tert-OH is 1. The highest BCUT2D eigenvalue weighted by atomic mass is 16.3. The summed E-state index contributed by atoms with van der Waals surface area (Å²) in [4.78, 5) is 0. The molecule has 0 aliphatic heterocycles. The van der Waals surface area contributed by atoms with Gasteiger partial charge in [-0.1, -0.05) is 12.1 Å². The van der Waals surface area contributed by atoms with Crippen LogP contribution in [0, 0.1) is 11.3 Å². The molecular formula is C14H16N4O. The summed E-state index contributed by atoms with van der Waals surface area (Å²) in [5.41, 5.74) is 1.41. The van der Waals surface area contributed by atoms with E-state index in [1.165, 1.54) is 0 Å². The first-order valence-electron chi connectivity index (χ1n) is 6.16. The summed E-state index contributed by atoms with van der Waals surface area (Å²) in [6.07, 6.45) is 3.08. The maximum Gasteiger partial charge on any atom is 0.0991 e. The largest absolute Gasteiger partial charge is 0.387 e. The molecule has 2 rings (SSSR count). The van der Waals surface area contributed by atoms with E-state index in [0.29, 0.717) is 12.1 Å². The van der Waals surface area contributed by atoms with E-state index in [9.17, 15) is 5.11 Å². The van der Waals surface area contributed by atoms with Crippen LogP contribution >= 0.6 is 0 Å². The molecule has 98 valence electrons. The Hall–Kier alpha value is -2.16. The smallest absolute Gasteiger partial charge is 0.0991 e. The summed E-state index contributed by atoms with van der Waals surface area (Å²) < 4.78 is 1.83. The predicted molar refractivity (Wildman–Crippen MR) is 71.2 cm³/mol. The van der Waals surface area contributed by atoms with Crippen LogP contribution in [0.5, 0.6) is 0 Å². The Morgan fingerprint density at radius 1 is 1.37 bits per heavy atom. The Morgan fingerprint density at radius 3 is 2.79 bits per heavy atom. The summed E-state index contributed by atoms with van der Waals surface area (Å²) in [5, 5.41) is 25.9. The Morgan fingerprint density at radius 2 is 2.16 bits per heavy atom. The highest BCUT2D eigenvalue weighted by Gasteiger charge is 2.06. The monoisotopic (exact) mass is 256 g/mol. The number of benzene rings is 1. The van der Waals surface area contributed by atoms with E-state index in [4.69, 9.17) is 5.26 Å². The minimum absolute atomic E-state index is 0.479. The second-order valence-corrected chi connectivity index (χ2v) is 4.22. The van der Waals surface area contributed by atoms with Crippen molar-refractivity contribution in [2.24, 2.45) is 0 Å². The van der Waals surface area contributed by atoms with E-state index in [2.05, 4.69) is 16.5 Å². The fraction of sp³-hybridized carbons (Fsp3) is 0.286. The predicted octanol–water partition coefficient (Wildman–Crippen LogP) is 1.08. The minimum atomic E-state index is -0.564. The maximum absolute atomic E-state index is 9.97. The Kier molecular flexibility index (Phi) is 4.67. The topological polar surface area (TPSA) is 73.9 Å². The normalized spacial score (nSPS) is 12.0. The fourth-order valence-corrected chi connectivity index (χ4v) is 1.76. The van der Waals surface area contributed by atoms with Gasteiger partial charge in [-0.3, -0.25) is 4.68 Å². The van der Waals surface area contributed by atoms with Crippen molar-refractivity contribution in [3.05, 3.63) is 53.9 Å². The molecule has 0 bridgehead atoms. The van der Waals surface area contributed by atoms with E-state index >= 15 is 0 Å². The highest BCUT2D eigenvalue weighted by Crippen LogP contribution is 2.12. The lowest BCUT2D eigenvalue weighted by atomic mass is 10.1. The van der Waals surface area contributed by atoms with Gasteiger partial charge in [-0.15, -0.1) is 0 Å². The molecule has 1 unspecified atom stereocenters. The van der Waals surface area contributed by atoms with E-state index in [1.54, 1.807) is 30.5 Å². The zero-order valence-corrected chi connectivity index (χ0v) is 10.5. The molecule has 0 aliphatic rings. The third kappa shape index (κ3) is 3.91. The van der Waals surface area contributed by atoms with Gasteiger partial charge in [0.2, 0.25) is 0 Å². The average Bonchev–Trinajstić information content (AvgIpc) is 2.96. The molecule has 0 aliphatic carbocycles. The molecule has 0 radical (unpaired) electrons. The van der Waals surface area contributed by atoms with Crippen molar-refractivity contribution in [2.75, 3.05) is 13.1 Å². The van der Waals surface area contributed by atoms with Crippen molar-refractivity contribution in [1.29, 1.82) is 5.26 Å². The molecule has 1 atom stereocenters. The lowest BCUT2D eigenvalue weighted by Crippen LogP contribution is -2.25. The van der Waals surface area contributed by atoms with E-state index < -0.39 is 6.10 Å². The molecule has 0 fully saturated rings. The molecule has 5 heteroatoms. The minimum Gasteiger partial charge on any atom is -0.387 e. The molecule has 1 heterocycles. The zero-order chi connectivity index (χ0) is 13.5. The van der Waals surface area contributed by atoms with Crippen molar-refractivity contribution in [1.82, 2.24) is 15.1 Å². The van der Waals surface area contributed by atoms with Crippen molar-refractivity contribution in [3.8, 4) is 6.07 Å². The van der Waals surface area contributed by atoms with Crippen molar-refractivity contribution in [2.45, 2.75) is 12.6 Å². The van der Waals surface area contributed by atoms with Crippen molar-refractivity contribution >= 4 is 0 Å². The van der Waals surface area contributed by atoms with Crippen molar-refractivity contribution < 1.29 is 5.11 Å². The molecule has 0 spiro atoms. The summed E-state index contributed by atoms with van der Waals surface area (Å²) in [7, 11) is 0. The average molecular weight is 256 g/mol. The van der Waals surface area contributed by atoms with E-state index in [0.717, 1.165) is 18.7 Å². The van der Waals surface area contributed by atoms with Gasteiger partial charge in [0.15, 0.2) is 0 Å². The number of hydrogen-bond acceptors (Lipinski definition) is 4. The van der Waals surface area contributed by atoms with Gasteiger partial charge in [0, 0.05) is 25.5 Å². The Balaban J connectivity index is 1.74. The van der Waals surface area contributed by atoms with Gasteiger partial charge >= 0.3 is 0 Å². The first-order chi connectivity index (χ1) is 9.29. The molecule has 2 aromatic rings. The molecule has 2 N–H and O–H groups in total. The third-order valence-electron chi connectivity index (χ3n) is 2.84. The van der Waals surface area contributed by atoms with Crippen LogP contribution in [-0.2, 0) is 6.54 Å². The highest BCUT2D eigenvalue weighted by molar-refractivity contribution is 5.32. The third-order valence-corrected chi connectivity index (χ3v) is 2.84. The SMILES string of the molecule is N#Cc1ccc(C(O)CNCCn2cccn2)cc1. The van der Waals surface area contributed by atoms with Crippen LogP contribution < -0.4 is 5.32 Å². The summed E-state index contributed by atoms with van der Waals surface area (Å²) in [5.74, 6) is 0. The van der Waals surface area contributed by atoms with Crippen molar-refractivity contribution in [3.63, 3.8) is 0 Å². The van der Waals surface area contributed by atoms with E-state index in [1.807, 2.05) is 16.9 Å². The quantitative estimate of drug-likeness (QED) is 0.758. The van der Waals surface area contributed by atoms with Crippen LogP contribution in [-0.4, -0.2) is 28.0 Å². The van der Waals surface area contributed by atoms with Crippen LogP contribution in [0.1, 0.15) is 17.2 Å².